The standard InChI is InChI=1S/C28H27N5O3.C2HF3O2/c1-17-16-36-28(35)33-22-4-2-3-18(13-22)15-31-27(34)25(20-7-5-19(17)6-8-20)32-23-9-10-24-21(14-23)11-12-30-26(24)29;3-2(4,5)1(6)7/h2-14,17,25,32H,15-16H2,1H3,(H2,29,30)(H,31,34)(H,33,35);(H,6,7)/t17?,25-;/m1./s1. The smallest absolute Gasteiger partial charge is 0.475 e. The van der Waals surface area contributed by atoms with E-state index in [-0.39, 0.29) is 18.4 Å². The molecule has 4 aromatic rings. The second kappa shape index (κ2) is 13.1. The molecule has 10 nitrogen and oxygen atoms in total. The number of nitrogens with two attached hydrogens (primary N) is 1. The maximum Gasteiger partial charge on any atom is 0.490 e. The number of anilines is 3. The van der Waals surface area contributed by atoms with Crippen molar-refractivity contribution in [3.05, 3.63) is 95.7 Å². The molecule has 2 aliphatic rings. The fourth-order valence-electron chi connectivity index (χ4n) is 4.28. The molecule has 6 rings (SSSR count). The van der Waals surface area contributed by atoms with Crippen LogP contribution in [0.25, 0.3) is 10.8 Å². The van der Waals surface area contributed by atoms with Crippen LogP contribution in [0.2, 0.25) is 0 Å². The molecule has 3 heterocycles. The van der Waals surface area contributed by atoms with Crippen LogP contribution in [0.15, 0.2) is 79.0 Å². The Kier molecular flexibility index (Phi) is 9.33. The summed E-state index contributed by atoms with van der Waals surface area (Å²) in [5.74, 6) is -2.47. The summed E-state index contributed by atoms with van der Waals surface area (Å²) < 4.78 is 37.2. The number of halogens is 3. The van der Waals surface area contributed by atoms with Crippen molar-refractivity contribution in [3.8, 4) is 0 Å². The van der Waals surface area contributed by atoms with Gasteiger partial charge in [0.05, 0.1) is 6.61 Å². The molecule has 4 bridgehead atoms. The van der Waals surface area contributed by atoms with Gasteiger partial charge in [-0.2, -0.15) is 13.2 Å². The zero-order valence-electron chi connectivity index (χ0n) is 22.8. The van der Waals surface area contributed by atoms with Crippen LogP contribution in [0.4, 0.5) is 35.2 Å². The number of pyridine rings is 1. The Labute approximate surface area is 244 Å². The highest BCUT2D eigenvalue weighted by Crippen LogP contribution is 2.27. The first-order valence-electron chi connectivity index (χ1n) is 13.0. The molecule has 3 aromatic carbocycles. The number of benzene rings is 3. The lowest BCUT2D eigenvalue weighted by Crippen LogP contribution is -2.33. The van der Waals surface area contributed by atoms with E-state index in [2.05, 4.69) is 20.9 Å². The number of carbonyl (C=O) groups is 3. The second-order valence-corrected chi connectivity index (χ2v) is 9.72. The van der Waals surface area contributed by atoms with E-state index in [1.807, 2.05) is 73.7 Å². The van der Waals surface area contributed by atoms with Crippen molar-refractivity contribution in [1.29, 1.82) is 0 Å². The summed E-state index contributed by atoms with van der Waals surface area (Å²) in [6.07, 6.45) is -3.93. The van der Waals surface area contributed by atoms with E-state index >= 15 is 0 Å². The Hall–Kier alpha value is -5.33. The normalized spacial score (nSPS) is 17.1. The van der Waals surface area contributed by atoms with Crippen molar-refractivity contribution in [2.45, 2.75) is 31.6 Å². The number of nitrogen functional groups attached to an aromatic ring is 1. The van der Waals surface area contributed by atoms with Gasteiger partial charge in [0.2, 0.25) is 5.91 Å². The van der Waals surface area contributed by atoms with Gasteiger partial charge >= 0.3 is 18.2 Å². The van der Waals surface area contributed by atoms with E-state index in [4.69, 9.17) is 20.4 Å². The topological polar surface area (TPSA) is 156 Å². The van der Waals surface area contributed by atoms with Crippen molar-refractivity contribution in [3.63, 3.8) is 0 Å². The molecule has 0 saturated carbocycles. The Bertz CT molecular complexity index is 1630. The number of amides is 2. The van der Waals surface area contributed by atoms with Gasteiger partial charge in [-0.15, -0.1) is 0 Å². The van der Waals surface area contributed by atoms with Crippen LogP contribution < -0.4 is 21.7 Å². The van der Waals surface area contributed by atoms with Crippen LogP contribution in [0, 0.1) is 0 Å². The molecule has 1 unspecified atom stereocenters. The van der Waals surface area contributed by atoms with Gasteiger partial charge in [-0.3, -0.25) is 10.1 Å². The quantitative estimate of drug-likeness (QED) is 0.201. The molecule has 1 aromatic heterocycles. The van der Waals surface area contributed by atoms with E-state index in [0.29, 0.717) is 18.1 Å². The van der Waals surface area contributed by atoms with Crippen LogP contribution in [0.1, 0.15) is 35.6 Å². The number of carbonyl (C=O) groups excluding carboxylic acids is 2. The maximum absolute atomic E-state index is 13.4. The number of carboxylic acid groups (broad SMARTS) is 1. The molecule has 0 saturated heterocycles. The molecule has 224 valence electrons. The van der Waals surface area contributed by atoms with Gasteiger partial charge in [0.1, 0.15) is 11.9 Å². The second-order valence-electron chi connectivity index (χ2n) is 9.72. The predicted octanol–water partition coefficient (Wildman–Crippen LogP) is 5.59. The summed E-state index contributed by atoms with van der Waals surface area (Å²) in [4.78, 5) is 38.7. The molecule has 0 spiro atoms. The fraction of sp³-hybridized carbons (Fsp3) is 0.200. The predicted molar refractivity (Wildman–Crippen MR) is 154 cm³/mol. The Morgan fingerprint density at radius 1 is 1.05 bits per heavy atom. The summed E-state index contributed by atoms with van der Waals surface area (Å²) in [6, 6.07) is 22.1. The number of nitrogens with one attached hydrogen (secondary N) is 3. The summed E-state index contributed by atoms with van der Waals surface area (Å²) in [6.45, 7) is 2.53. The highest BCUT2D eigenvalue weighted by atomic mass is 19.4. The van der Waals surface area contributed by atoms with Crippen LogP contribution >= 0.6 is 0 Å². The number of rotatable bonds is 2. The van der Waals surface area contributed by atoms with Crippen molar-refractivity contribution < 1.29 is 37.4 Å². The van der Waals surface area contributed by atoms with E-state index in [9.17, 15) is 22.8 Å². The largest absolute Gasteiger partial charge is 0.490 e. The van der Waals surface area contributed by atoms with Crippen LogP contribution in [-0.4, -0.2) is 40.8 Å². The minimum atomic E-state index is -5.08. The number of hydrogen-bond donors (Lipinski definition) is 5. The molecule has 13 heteroatoms. The Morgan fingerprint density at radius 2 is 1.74 bits per heavy atom. The number of carboxylic acids is 1. The number of fused-ring (bicyclic) bond motifs is 10. The monoisotopic (exact) mass is 595 g/mol. The van der Waals surface area contributed by atoms with E-state index in [1.165, 1.54) is 0 Å². The highest BCUT2D eigenvalue weighted by molar-refractivity contribution is 5.94. The number of hydrogen-bond acceptors (Lipinski definition) is 7. The molecular formula is C30H28F3N5O5. The van der Waals surface area contributed by atoms with E-state index in [0.717, 1.165) is 33.2 Å². The lowest BCUT2D eigenvalue weighted by molar-refractivity contribution is -0.192. The Balaban J connectivity index is 0.000000541. The zero-order valence-corrected chi connectivity index (χ0v) is 22.8. The van der Waals surface area contributed by atoms with Crippen molar-refractivity contribution in [2.75, 3.05) is 23.0 Å². The lowest BCUT2D eigenvalue weighted by atomic mass is 9.97. The van der Waals surface area contributed by atoms with Crippen LogP contribution in [0.5, 0.6) is 0 Å². The third-order valence-corrected chi connectivity index (χ3v) is 6.55. The first kappa shape index (κ1) is 30.6. The van der Waals surface area contributed by atoms with Gasteiger partial charge in [0.15, 0.2) is 0 Å². The molecule has 0 radical (unpaired) electrons. The summed E-state index contributed by atoms with van der Waals surface area (Å²) in [5, 5.41) is 18.1. The molecule has 6 N–H and O–H groups in total. The summed E-state index contributed by atoms with van der Waals surface area (Å²) >= 11 is 0. The maximum atomic E-state index is 13.4. The van der Waals surface area contributed by atoms with Gasteiger partial charge in [-0.1, -0.05) is 43.3 Å². The van der Waals surface area contributed by atoms with Gasteiger partial charge < -0.3 is 26.2 Å². The SMILES string of the molecule is CC1COC(=O)Nc2cccc(c2)CNC(=O)[C@H](Nc2ccc3c(N)nccc3c2)c2ccc1cc2.O=C(O)C(F)(F)F. The third-order valence-electron chi connectivity index (χ3n) is 6.55. The minimum Gasteiger partial charge on any atom is -0.475 e. The number of nitrogens with zero attached hydrogens (tertiary/aromatic N) is 1. The third kappa shape index (κ3) is 8.12. The molecule has 43 heavy (non-hydrogen) atoms. The minimum absolute atomic E-state index is 0.0103. The average Bonchev–Trinajstić information content (AvgIpc) is 2.97. The molecule has 2 atom stereocenters. The van der Waals surface area contributed by atoms with Crippen molar-refractivity contribution in [1.82, 2.24) is 10.3 Å². The highest BCUT2D eigenvalue weighted by Gasteiger charge is 2.38. The van der Waals surface area contributed by atoms with E-state index < -0.39 is 24.3 Å². The van der Waals surface area contributed by atoms with Gasteiger partial charge in [0, 0.05) is 35.4 Å². The van der Waals surface area contributed by atoms with Gasteiger partial charge in [-0.25, -0.2) is 14.6 Å². The first-order chi connectivity index (χ1) is 20.4. The lowest BCUT2D eigenvalue weighted by Gasteiger charge is -2.22. The molecular weight excluding hydrogens is 567 g/mol. The molecule has 2 amide bonds. The molecule has 0 fully saturated rings. The number of ether oxygens (including phenoxy) is 1. The van der Waals surface area contributed by atoms with Crippen molar-refractivity contribution >= 4 is 45.9 Å². The number of aromatic nitrogens is 1. The molecule has 0 aliphatic carbocycles. The zero-order chi connectivity index (χ0) is 31.1. The summed E-state index contributed by atoms with van der Waals surface area (Å²) in [5.41, 5.74) is 10.1. The van der Waals surface area contributed by atoms with E-state index in [1.54, 1.807) is 12.3 Å². The average molecular weight is 596 g/mol. The Morgan fingerprint density at radius 3 is 2.44 bits per heavy atom. The number of aliphatic carboxylic acids is 1. The summed E-state index contributed by atoms with van der Waals surface area (Å²) in [7, 11) is 0. The van der Waals surface area contributed by atoms with Crippen molar-refractivity contribution in [2.24, 2.45) is 0 Å². The molecule has 2 aliphatic heterocycles. The van der Waals surface area contributed by atoms with Crippen LogP contribution in [-0.2, 0) is 20.9 Å². The van der Waals surface area contributed by atoms with Gasteiger partial charge in [0.25, 0.3) is 0 Å². The number of alkyl halides is 3. The van der Waals surface area contributed by atoms with Gasteiger partial charge in [-0.05, 0) is 58.5 Å². The first-order valence-corrected chi connectivity index (χ1v) is 13.0. The van der Waals surface area contributed by atoms with Crippen LogP contribution in [0.3, 0.4) is 0 Å². The fourth-order valence-corrected chi connectivity index (χ4v) is 4.28.